The van der Waals surface area contributed by atoms with Crippen molar-refractivity contribution >= 4 is 0 Å². The Hall–Kier alpha value is -0.330. The Labute approximate surface area is 44.0 Å². The molecule has 0 aromatic heterocycles. The van der Waals surface area contributed by atoms with E-state index >= 15 is 0 Å². The molecule has 0 aliphatic rings. The summed E-state index contributed by atoms with van der Waals surface area (Å²) in [4.78, 5) is 0. The number of hydrogen-bond donors (Lipinski definition) is 0. The second-order valence-corrected chi connectivity index (χ2v) is 1.54. The van der Waals surface area contributed by atoms with Gasteiger partial charge in [0.25, 0.3) is 0 Å². The van der Waals surface area contributed by atoms with Gasteiger partial charge in [-0.25, -0.2) is 4.39 Å². The number of allylic oxidation sites excluding steroid dienone is 1. The summed E-state index contributed by atoms with van der Waals surface area (Å²) in [5, 5.41) is 0. The molecule has 0 nitrogen and oxygen atoms in total. The molecule has 0 N–H and O–H groups in total. The maximum absolute atomic E-state index is 12.0. The van der Waals surface area contributed by atoms with Crippen molar-refractivity contribution in [3.8, 4) is 0 Å². The largest absolute Gasteiger partial charge is 0.243 e. The van der Waals surface area contributed by atoms with Gasteiger partial charge in [-0.2, -0.15) is 0 Å². The molecule has 0 radical (unpaired) electrons. The normalized spacial score (nSPS) is 13.4. The van der Waals surface area contributed by atoms with Crippen LogP contribution in [0.15, 0.2) is 12.7 Å². The third kappa shape index (κ3) is 3.50. The van der Waals surface area contributed by atoms with Gasteiger partial charge in [-0.1, -0.05) is 19.4 Å². The molecule has 7 heavy (non-hydrogen) atoms. The van der Waals surface area contributed by atoms with Crippen LogP contribution in [0.3, 0.4) is 0 Å². The van der Waals surface area contributed by atoms with Gasteiger partial charge in [0.15, 0.2) is 0 Å². The van der Waals surface area contributed by atoms with E-state index in [0.717, 1.165) is 6.42 Å². The summed E-state index contributed by atoms with van der Waals surface area (Å²) in [7, 11) is 0. The van der Waals surface area contributed by atoms with Crippen LogP contribution in [0.5, 0.6) is 0 Å². The lowest BCUT2D eigenvalue weighted by Crippen LogP contribution is -1.90. The van der Waals surface area contributed by atoms with Gasteiger partial charge in [-0.15, -0.1) is 6.58 Å². The van der Waals surface area contributed by atoms with E-state index in [0.29, 0.717) is 6.42 Å². The van der Waals surface area contributed by atoms with Crippen LogP contribution in [-0.2, 0) is 0 Å². The summed E-state index contributed by atoms with van der Waals surface area (Å²) in [5.74, 6) is 0. The van der Waals surface area contributed by atoms with Crippen LogP contribution < -0.4 is 0 Å². The predicted octanol–water partition coefficient (Wildman–Crippen LogP) is 2.31. The van der Waals surface area contributed by atoms with Gasteiger partial charge < -0.3 is 0 Å². The van der Waals surface area contributed by atoms with Gasteiger partial charge in [-0.05, 0) is 6.42 Å². The van der Waals surface area contributed by atoms with Crippen molar-refractivity contribution in [2.24, 2.45) is 0 Å². The minimum Gasteiger partial charge on any atom is -0.243 e. The molecule has 0 saturated heterocycles. The fraction of sp³-hybridized carbons (Fsp3) is 0.667. The zero-order valence-electron chi connectivity index (χ0n) is 4.65. The average molecular weight is 102 g/mol. The minimum absolute atomic E-state index is 0.615. The summed E-state index contributed by atoms with van der Waals surface area (Å²) in [6.45, 7) is 5.26. The van der Waals surface area contributed by atoms with E-state index in [-0.39, 0.29) is 0 Å². The fourth-order valence-corrected chi connectivity index (χ4v) is 0.394. The fourth-order valence-electron chi connectivity index (χ4n) is 0.394. The SMILES string of the molecule is C=CC(F)CCC. The summed E-state index contributed by atoms with van der Waals surface area (Å²) in [6.07, 6.45) is 2.06. The highest BCUT2D eigenvalue weighted by Gasteiger charge is 1.94. The van der Waals surface area contributed by atoms with Crippen molar-refractivity contribution in [2.45, 2.75) is 25.9 Å². The molecule has 1 unspecified atom stereocenters. The van der Waals surface area contributed by atoms with E-state index in [1.165, 1.54) is 6.08 Å². The molecule has 0 amide bonds. The second-order valence-electron chi connectivity index (χ2n) is 1.54. The van der Waals surface area contributed by atoms with Crippen LogP contribution in [0.4, 0.5) is 4.39 Å². The Balaban J connectivity index is 2.98. The third-order valence-electron chi connectivity index (χ3n) is 0.820. The van der Waals surface area contributed by atoms with Crippen molar-refractivity contribution in [2.75, 3.05) is 0 Å². The smallest absolute Gasteiger partial charge is 0.118 e. The number of hydrogen-bond acceptors (Lipinski definition) is 0. The number of alkyl halides is 1. The van der Waals surface area contributed by atoms with E-state index in [4.69, 9.17) is 0 Å². The van der Waals surface area contributed by atoms with E-state index in [1.807, 2.05) is 6.92 Å². The number of halogens is 1. The Bertz CT molecular complexity index is 50.1. The zero-order valence-corrected chi connectivity index (χ0v) is 4.65. The van der Waals surface area contributed by atoms with Crippen LogP contribution in [-0.4, -0.2) is 6.17 Å². The maximum atomic E-state index is 12.0. The summed E-state index contributed by atoms with van der Waals surface area (Å²) >= 11 is 0. The molecular formula is C6H11F. The van der Waals surface area contributed by atoms with Crippen molar-refractivity contribution in [1.29, 1.82) is 0 Å². The Morgan fingerprint density at radius 2 is 2.43 bits per heavy atom. The lowest BCUT2D eigenvalue weighted by molar-refractivity contribution is 0.376. The molecule has 0 aliphatic carbocycles. The monoisotopic (exact) mass is 102 g/mol. The number of rotatable bonds is 3. The zero-order chi connectivity index (χ0) is 5.70. The van der Waals surface area contributed by atoms with Crippen LogP contribution in [0.25, 0.3) is 0 Å². The quantitative estimate of drug-likeness (QED) is 0.480. The van der Waals surface area contributed by atoms with Gasteiger partial charge in [0.1, 0.15) is 6.17 Å². The topological polar surface area (TPSA) is 0 Å². The van der Waals surface area contributed by atoms with E-state index < -0.39 is 6.17 Å². The van der Waals surface area contributed by atoms with Gasteiger partial charge in [0.05, 0.1) is 0 Å². The molecule has 0 fully saturated rings. The van der Waals surface area contributed by atoms with Crippen LogP contribution in [0.2, 0.25) is 0 Å². The highest BCUT2D eigenvalue weighted by Crippen LogP contribution is 2.00. The molecule has 0 aromatic carbocycles. The van der Waals surface area contributed by atoms with Crippen molar-refractivity contribution in [3.63, 3.8) is 0 Å². The molecule has 0 aromatic rings. The lowest BCUT2D eigenvalue weighted by atomic mass is 10.2. The molecule has 0 heterocycles. The highest BCUT2D eigenvalue weighted by atomic mass is 19.1. The van der Waals surface area contributed by atoms with Crippen LogP contribution in [0, 0.1) is 0 Å². The first-order chi connectivity index (χ1) is 3.31. The van der Waals surface area contributed by atoms with Crippen molar-refractivity contribution < 1.29 is 4.39 Å². The Kier molecular flexibility index (Phi) is 3.67. The predicted molar refractivity (Wildman–Crippen MR) is 30.0 cm³/mol. The Morgan fingerprint density at radius 1 is 1.86 bits per heavy atom. The van der Waals surface area contributed by atoms with Gasteiger partial charge in [-0.3, -0.25) is 0 Å². The molecule has 42 valence electrons. The van der Waals surface area contributed by atoms with Crippen molar-refractivity contribution in [1.82, 2.24) is 0 Å². The molecule has 0 bridgehead atoms. The highest BCUT2D eigenvalue weighted by molar-refractivity contribution is 4.77. The maximum Gasteiger partial charge on any atom is 0.118 e. The molecule has 0 saturated carbocycles. The molecule has 1 heteroatoms. The molecule has 0 aliphatic heterocycles. The van der Waals surface area contributed by atoms with E-state index in [2.05, 4.69) is 6.58 Å². The van der Waals surface area contributed by atoms with Crippen LogP contribution in [0.1, 0.15) is 19.8 Å². The third-order valence-corrected chi connectivity index (χ3v) is 0.820. The summed E-state index contributed by atoms with van der Waals surface area (Å²) < 4.78 is 12.0. The molecule has 1 atom stereocenters. The minimum atomic E-state index is -0.787. The average Bonchev–Trinajstić information content (AvgIpc) is 1.68. The van der Waals surface area contributed by atoms with Crippen molar-refractivity contribution in [3.05, 3.63) is 12.7 Å². The van der Waals surface area contributed by atoms with Gasteiger partial charge in [0, 0.05) is 0 Å². The van der Waals surface area contributed by atoms with E-state index in [1.54, 1.807) is 0 Å². The first-order valence-corrected chi connectivity index (χ1v) is 2.58. The van der Waals surface area contributed by atoms with Crippen LogP contribution >= 0.6 is 0 Å². The standard InChI is InChI=1S/C6H11F/c1-3-5-6(7)4-2/h4,6H,2-3,5H2,1H3. The first-order valence-electron chi connectivity index (χ1n) is 2.58. The molecule has 0 rings (SSSR count). The molecular weight excluding hydrogens is 91.1 g/mol. The second kappa shape index (κ2) is 3.85. The lowest BCUT2D eigenvalue weighted by Gasteiger charge is -1.94. The summed E-state index contributed by atoms with van der Waals surface area (Å²) in [6, 6.07) is 0. The van der Waals surface area contributed by atoms with Gasteiger partial charge in [0.2, 0.25) is 0 Å². The Morgan fingerprint density at radius 3 is 2.57 bits per heavy atom. The van der Waals surface area contributed by atoms with E-state index in [9.17, 15) is 4.39 Å². The van der Waals surface area contributed by atoms with Gasteiger partial charge >= 0.3 is 0 Å². The molecule has 0 spiro atoms. The first kappa shape index (κ1) is 6.67. The summed E-state index contributed by atoms with van der Waals surface area (Å²) in [5.41, 5.74) is 0.